The number of ketones is 1. The molecule has 1 aromatic rings. The van der Waals surface area contributed by atoms with Gasteiger partial charge >= 0.3 is 5.97 Å². The first-order valence-electron chi connectivity index (χ1n) is 9.06. The van der Waals surface area contributed by atoms with E-state index in [2.05, 4.69) is 4.72 Å². The number of hydrogen-bond donors (Lipinski definition) is 1. The number of nitrogens with one attached hydrogen (secondary N) is 1. The van der Waals surface area contributed by atoms with Gasteiger partial charge in [0.05, 0.1) is 6.26 Å². The van der Waals surface area contributed by atoms with Crippen molar-refractivity contribution in [3.05, 3.63) is 29.8 Å². The summed E-state index contributed by atoms with van der Waals surface area (Å²) in [6.45, 7) is 1.56. The molecular weight excluding hydrogens is 354 g/mol. The lowest BCUT2D eigenvalue weighted by Gasteiger charge is -2.21. The molecule has 2 rings (SSSR count). The highest BCUT2D eigenvalue weighted by atomic mass is 32.2. The van der Waals surface area contributed by atoms with Crippen molar-refractivity contribution in [2.45, 2.75) is 58.0 Å². The summed E-state index contributed by atoms with van der Waals surface area (Å²) in [5.74, 6) is -0.0501. The molecule has 1 saturated carbocycles. The summed E-state index contributed by atoms with van der Waals surface area (Å²) in [6.07, 6.45) is 7.47. The van der Waals surface area contributed by atoms with Gasteiger partial charge in [0.2, 0.25) is 15.8 Å². The molecule has 144 valence electrons. The molecule has 0 aliphatic heterocycles. The van der Waals surface area contributed by atoms with Crippen LogP contribution >= 0.6 is 0 Å². The lowest BCUT2D eigenvalue weighted by molar-refractivity contribution is -0.146. The molecule has 0 bridgehead atoms. The van der Waals surface area contributed by atoms with Crippen LogP contribution in [-0.4, -0.2) is 32.5 Å². The molecule has 26 heavy (non-hydrogen) atoms. The topological polar surface area (TPSA) is 89.5 Å². The number of ether oxygens (including phenoxy) is 1. The van der Waals surface area contributed by atoms with Gasteiger partial charge in [0.15, 0.2) is 6.10 Å². The Balaban J connectivity index is 1.83. The van der Waals surface area contributed by atoms with E-state index in [-0.39, 0.29) is 11.8 Å². The average molecular weight is 381 g/mol. The summed E-state index contributed by atoms with van der Waals surface area (Å²) in [5, 5.41) is 0. The minimum absolute atomic E-state index is 0.304. The molecule has 0 amide bonds. The molecule has 0 heterocycles. The molecular formula is C19H27NO5S. The molecule has 0 spiro atoms. The van der Waals surface area contributed by atoms with Crippen LogP contribution in [0.1, 0.15) is 62.2 Å². The van der Waals surface area contributed by atoms with Gasteiger partial charge in [-0.1, -0.05) is 32.1 Å². The molecule has 1 aliphatic rings. The van der Waals surface area contributed by atoms with Gasteiger partial charge in [0, 0.05) is 17.7 Å². The normalized spacial score (nSPS) is 16.7. The van der Waals surface area contributed by atoms with Crippen molar-refractivity contribution < 1.29 is 22.7 Å². The smallest absolute Gasteiger partial charge is 0.306 e. The van der Waals surface area contributed by atoms with Crippen LogP contribution in [0.15, 0.2) is 24.3 Å². The van der Waals surface area contributed by atoms with Crippen molar-refractivity contribution >= 4 is 27.5 Å². The Morgan fingerprint density at radius 1 is 1.15 bits per heavy atom. The number of sulfonamides is 1. The van der Waals surface area contributed by atoms with Crippen LogP contribution < -0.4 is 4.72 Å². The molecule has 1 N–H and O–H groups in total. The van der Waals surface area contributed by atoms with Crippen LogP contribution in [0.4, 0.5) is 5.69 Å². The predicted molar refractivity (Wildman–Crippen MR) is 101 cm³/mol. The Bertz CT molecular complexity index is 721. The first-order valence-corrected chi connectivity index (χ1v) is 11.0. The largest absolute Gasteiger partial charge is 0.454 e. The maximum atomic E-state index is 12.4. The number of anilines is 1. The number of Topliss-reactive ketones (excluding diaryl/α,β-unsaturated/α-hetero) is 1. The maximum absolute atomic E-state index is 12.4. The van der Waals surface area contributed by atoms with E-state index in [1.807, 2.05) is 0 Å². The number of esters is 1. The van der Waals surface area contributed by atoms with E-state index < -0.39 is 16.1 Å². The number of hydrogen-bond acceptors (Lipinski definition) is 5. The van der Waals surface area contributed by atoms with E-state index in [0.717, 1.165) is 12.7 Å². The van der Waals surface area contributed by atoms with Crippen molar-refractivity contribution in [1.29, 1.82) is 0 Å². The quantitative estimate of drug-likeness (QED) is 0.549. The second kappa shape index (κ2) is 9.16. The summed E-state index contributed by atoms with van der Waals surface area (Å²) >= 11 is 0. The summed E-state index contributed by atoms with van der Waals surface area (Å²) in [6, 6.07) is 6.04. The second-order valence-corrected chi connectivity index (χ2v) is 8.74. The van der Waals surface area contributed by atoms with Crippen LogP contribution in [0.2, 0.25) is 0 Å². The Labute approximate surface area is 155 Å². The Morgan fingerprint density at radius 2 is 1.77 bits per heavy atom. The molecule has 0 unspecified atom stereocenters. The summed E-state index contributed by atoms with van der Waals surface area (Å²) in [7, 11) is -3.36. The van der Waals surface area contributed by atoms with Gasteiger partial charge in [-0.3, -0.25) is 14.3 Å². The van der Waals surface area contributed by atoms with Gasteiger partial charge in [0.1, 0.15) is 0 Å². The number of rotatable bonds is 8. The van der Waals surface area contributed by atoms with Crippen LogP contribution in [-0.2, 0) is 19.6 Å². The van der Waals surface area contributed by atoms with Crippen LogP contribution in [0.25, 0.3) is 0 Å². The first kappa shape index (κ1) is 20.4. The van der Waals surface area contributed by atoms with E-state index in [9.17, 15) is 18.0 Å². The van der Waals surface area contributed by atoms with E-state index in [1.54, 1.807) is 6.92 Å². The lowest BCUT2D eigenvalue weighted by Crippen LogP contribution is -2.24. The van der Waals surface area contributed by atoms with Gasteiger partial charge in [-0.05, 0) is 43.5 Å². The molecule has 0 radical (unpaired) electrons. The molecule has 7 heteroatoms. The Kier molecular flexibility index (Phi) is 7.20. The van der Waals surface area contributed by atoms with Crippen LogP contribution in [0, 0.1) is 5.92 Å². The third-order valence-corrected chi connectivity index (χ3v) is 5.24. The lowest BCUT2D eigenvalue weighted by atomic mass is 9.86. The minimum atomic E-state index is -3.36. The first-order chi connectivity index (χ1) is 12.2. The summed E-state index contributed by atoms with van der Waals surface area (Å²) in [5.41, 5.74) is 0.748. The molecule has 1 aromatic carbocycles. The fourth-order valence-corrected chi connectivity index (χ4v) is 3.82. The van der Waals surface area contributed by atoms with E-state index >= 15 is 0 Å². The van der Waals surface area contributed by atoms with Gasteiger partial charge in [-0.15, -0.1) is 0 Å². The highest BCUT2D eigenvalue weighted by Gasteiger charge is 2.21. The number of benzene rings is 1. The van der Waals surface area contributed by atoms with Gasteiger partial charge in [-0.2, -0.15) is 0 Å². The third kappa shape index (κ3) is 6.78. The molecule has 6 nitrogen and oxygen atoms in total. The van der Waals surface area contributed by atoms with E-state index in [4.69, 9.17) is 4.74 Å². The summed E-state index contributed by atoms with van der Waals surface area (Å²) < 4.78 is 30.0. The Hall–Kier alpha value is -1.89. The third-order valence-electron chi connectivity index (χ3n) is 4.63. The monoisotopic (exact) mass is 381 g/mol. The molecule has 0 saturated heterocycles. The van der Waals surface area contributed by atoms with Crippen LogP contribution in [0.5, 0.6) is 0 Å². The summed E-state index contributed by atoms with van der Waals surface area (Å²) in [4.78, 5) is 24.4. The number of carbonyl (C=O) groups is 2. The predicted octanol–water partition coefficient (Wildman–Crippen LogP) is 3.53. The Morgan fingerprint density at radius 3 is 2.35 bits per heavy atom. The highest BCUT2D eigenvalue weighted by Crippen LogP contribution is 2.27. The van der Waals surface area contributed by atoms with Crippen LogP contribution in [0.3, 0.4) is 0 Å². The van der Waals surface area contributed by atoms with E-state index in [0.29, 0.717) is 23.6 Å². The van der Waals surface area contributed by atoms with Gasteiger partial charge in [-0.25, -0.2) is 8.42 Å². The molecule has 1 fully saturated rings. The fourth-order valence-electron chi connectivity index (χ4n) is 3.26. The van der Waals surface area contributed by atoms with Crippen molar-refractivity contribution in [2.75, 3.05) is 11.0 Å². The zero-order chi connectivity index (χ0) is 19.2. The van der Waals surface area contributed by atoms with Gasteiger partial charge in [0.25, 0.3) is 0 Å². The zero-order valence-electron chi connectivity index (χ0n) is 15.4. The standard InChI is InChI=1S/C19H27NO5S/c1-14(25-18(21)13-8-15-6-4-3-5-7-15)19(22)16-9-11-17(12-10-16)20-26(2,23)24/h9-12,14-15,20H,3-8,13H2,1-2H3/t14-/m1/s1. The second-order valence-electron chi connectivity index (χ2n) is 6.99. The highest BCUT2D eigenvalue weighted by molar-refractivity contribution is 7.92. The van der Waals surface area contributed by atoms with Crippen molar-refractivity contribution in [1.82, 2.24) is 0 Å². The SMILES string of the molecule is C[C@@H](OC(=O)CCC1CCCCC1)C(=O)c1ccc(NS(C)(=O)=O)cc1. The van der Waals surface area contributed by atoms with Crippen molar-refractivity contribution in [3.8, 4) is 0 Å². The maximum Gasteiger partial charge on any atom is 0.306 e. The van der Waals surface area contributed by atoms with Gasteiger partial charge < -0.3 is 4.74 Å². The van der Waals surface area contributed by atoms with E-state index in [1.165, 1.54) is 56.4 Å². The molecule has 1 aliphatic carbocycles. The van der Waals surface area contributed by atoms with Crippen molar-refractivity contribution in [2.24, 2.45) is 5.92 Å². The molecule has 1 atom stereocenters. The van der Waals surface area contributed by atoms with Crippen molar-refractivity contribution in [3.63, 3.8) is 0 Å². The minimum Gasteiger partial charge on any atom is -0.454 e. The average Bonchev–Trinajstić information content (AvgIpc) is 2.59. The fraction of sp³-hybridized carbons (Fsp3) is 0.579. The molecule has 0 aromatic heterocycles. The number of carbonyl (C=O) groups excluding carboxylic acids is 2. The zero-order valence-corrected chi connectivity index (χ0v) is 16.2.